The van der Waals surface area contributed by atoms with Gasteiger partial charge in [-0.15, -0.1) is 0 Å². The van der Waals surface area contributed by atoms with Gasteiger partial charge in [-0.2, -0.15) is 0 Å². The van der Waals surface area contributed by atoms with Crippen LogP contribution >= 0.6 is 35.4 Å². The minimum Gasteiger partial charge on any atom is -0.363 e. The standard InChI is InChI=1S/C12H14Cl2N2OS/c1-2-15-12(18)16-6-7-17-11(16)10-8(13)4-3-5-9(10)14/h3-5,11H,2,6-7H2,1H3,(H,15,18). The normalized spacial score (nSPS) is 19.1. The second-order valence-electron chi connectivity index (χ2n) is 3.89. The van der Waals surface area contributed by atoms with Crippen molar-refractivity contribution < 1.29 is 4.74 Å². The third-order valence-electron chi connectivity index (χ3n) is 2.73. The van der Waals surface area contributed by atoms with Crippen molar-refractivity contribution in [2.75, 3.05) is 19.7 Å². The number of halogens is 2. The second-order valence-corrected chi connectivity index (χ2v) is 5.09. The molecule has 98 valence electrons. The smallest absolute Gasteiger partial charge is 0.171 e. The predicted molar refractivity (Wildman–Crippen MR) is 78.1 cm³/mol. The van der Waals surface area contributed by atoms with E-state index in [4.69, 9.17) is 40.2 Å². The average molecular weight is 305 g/mol. The zero-order valence-electron chi connectivity index (χ0n) is 9.95. The summed E-state index contributed by atoms with van der Waals surface area (Å²) in [5, 5.41) is 4.97. The summed E-state index contributed by atoms with van der Waals surface area (Å²) in [5.74, 6) is 0. The molecule has 0 aliphatic carbocycles. The summed E-state index contributed by atoms with van der Waals surface area (Å²) in [4.78, 5) is 1.96. The summed E-state index contributed by atoms with van der Waals surface area (Å²) in [6.07, 6.45) is -0.308. The zero-order chi connectivity index (χ0) is 13.1. The van der Waals surface area contributed by atoms with Crippen LogP contribution < -0.4 is 5.32 Å². The van der Waals surface area contributed by atoms with Gasteiger partial charge in [0.25, 0.3) is 0 Å². The zero-order valence-corrected chi connectivity index (χ0v) is 12.3. The summed E-state index contributed by atoms with van der Waals surface area (Å²) in [6, 6.07) is 5.42. The van der Waals surface area contributed by atoms with Gasteiger partial charge in [0.1, 0.15) is 0 Å². The number of nitrogens with one attached hydrogen (secondary N) is 1. The summed E-state index contributed by atoms with van der Waals surface area (Å²) >= 11 is 17.7. The monoisotopic (exact) mass is 304 g/mol. The molecule has 1 aromatic carbocycles. The molecule has 6 heteroatoms. The molecule has 1 fully saturated rings. The first-order valence-electron chi connectivity index (χ1n) is 5.75. The lowest BCUT2D eigenvalue weighted by atomic mass is 10.2. The van der Waals surface area contributed by atoms with Crippen LogP contribution in [0.3, 0.4) is 0 Å². The maximum Gasteiger partial charge on any atom is 0.171 e. The number of rotatable bonds is 2. The number of nitrogens with zero attached hydrogens (tertiary/aromatic N) is 1. The van der Waals surface area contributed by atoms with Crippen LogP contribution in [0.4, 0.5) is 0 Å². The Morgan fingerprint density at radius 2 is 2.17 bits per heavy atom. The van der Waals surface area contributed by atoms with Crippen LogP contribution in [0, 0.1) is 0 Å². The van der Waals surface area contributed by atoms with Gasteiger partial charge in [-0.05, 0) is 31.3 Å². The summed E-state index contributed by atoms with van der Waals surface area (Å²) in [7, 11) is 0. The van der Waals surface area contributed by atoms with E-state index >= 15 is 0 Å². The highest BCUT2D eigenvalue weighted by molar-refractivity contribution is 7.80. The molecule has 1 saturated heterocycles. The highest BCUT2D eigenvalue weighted by atomic mass is 35.5. The topological polar surface area (TPSA) is 24.5 Å². The molecule has 0 bridgehead atoms. The molecule has 1 N–H and O–H groups in total. The van der Waals surface area contributed by atoms with Crippen molar-refractivity contribution >= 4 is 40.5 Å². The van der Waals surface area contributed by atoms with Crippen LogP contribution in [0.5, 0.6) is 0 Å². The molecule has 1 aromatic rings. The van der Waals surface area contributed by atoms with E-state index in [1.165, 1.54) is 0 Å². The van der Waals surface area contributed by atoms with Crippen molar-refractivity contribution in [3.8, 4) is 0 Å². The van der Waals surface area contributed by atoms with Gasteiger partial charge in [0, 0.05) is 28.7 Å². The summed E-state index contributed by atoms with van der Waals surface area (Å²) in [6.45, 7) is 4.12. The van der Waals surface area contributed by atoms with Gasteiger partial charge in [-0.25, -0.2) is 0 Å². The summed E-state index contributed by atoms with van der Waals surface area (Å²) < 4.78 is 5.71. The van der Waals surface area contributed by atoms with Crippen LogP contribution in [0.1, 0.15) is 18.7 Å². The molecular weight excluding hydrogens is 291 g/mol. The van der Waals surface area contributed by atoms with Gasteiger partial charge in [0.2, 0.25) is 0 Å². The average Bonchev–Trinajstić information content (AvgIpc) is 2.78. The molecule has 1 aliphatic heterocycles. The van der Waals surface area contributed by atoms with Crippen LogP contribution in [-0.2, 0) is 4.74 Å². The van der Waals surface area contributed by atoms with Crippen molar-refractivity contribution in [3.63, 3.8) is 0 Å². The predicted octanol–water partition coefficient (Wildman–Crippen LogP) is 3.22. The highest BCUT2D eigenvalue weighted by Gasteiger charge is 2.31. The maximum absolute atomic E-state index is 6.20. The van der Waals surface area contributed by atoms with Gasteiger partial charge >= 0.3 is 0 Å². The molecule has 0 aromatic heterocycles. The molecule has 3 nitrogen and oxygen atoms in total. The van der Waals surface area contributed by atoms with E-state index in [-0.39, 0.29) is 6.23 Å². The van der Waals surface area contributed by atoms with Gasteiger partial charge in [-0.3, -0.25) is 0 Å². The molecular formula is C12H14Cl2N2OS. The molecule has 1 atom stereocenters. The Bertz CT molecular complexity index is 435. The van der Waals surface area contributed by atoms with Crippen molar-refractivity contribution in [1.29, 1.82) is 0 Å². The minimum absolute atomic E-state index is 0.308. The maximum atomic E-state index is 6.20. The quantitative estimate of drug-likeness (QED) is 0.848. The number of benzene rings is 1. The first kappa shape index (κ1) is 13.9. The van der Waals surface area contributed by atoms with Gasteiger partial charge in [0.15, 0.2) is 11.3 Å². The Balaban J connectivity index is 2.29. The molecule has 1 unspecified atom stereocenters. The second kappa shape index (κ2) is 6.06. The van der Waals surface area contributed by atoms with Crippen LogP contribution in [0.25, 0.3) is 0 Å². The Hall–Kier alpha value is -0.550. The number of ether oxygens (including phenoxy) is 1. The van der Waals surface area contributed by atoms with Gasteiger partial charge in [-0.1, -0.05) is 29.3 Å². The fourth-order valence-corrected chi connectivity index (χ4v) is 2.83. The number of hydrogen-bond donors (Lipinski definition) is 1. The highest BCUT2D eigenvalue weighted by Crippen LogP contribution is 2.36. The van der Waals surface area contributed by atoms with E-state index in [9.17, 15) is 0 Å². The Morgan fingerprint density at radius 1 is 1.50 bits per heavy atom. The third kappa shape index (κ3) is 2.72. The van der Waals surface area contributed by atoms with E-state index in [2.05, 4.69) is 5.32 Å². The Kier molecular flexibility index (Phi) is 4.67. The largest absolute Gasteiger partial charge is 0.363 e. The van der Waals surface area contributed by atoms with Crippen LogP contribution in [0.15, 0.2) is 18.2 Å². The molecule has 1 aliphatic rings. The van der Waals surface area contributed by atoms with E-state index in [0.29, 0.717) is 21.8 Å². The molecule has 0 saturated carbocycles. The first-order chi connectivity index (χ1) is 8.65. The van der Waals surface area contributed by atoms with Crippen LogP contribution in [0.2, 0.25) is 10.0 Å². The van der Waals surface area contributed by atoms with Crippen molar-refractivity contribution in [3.05, 3.63) is 33.8 Å². The van der Waals surface area contributed by atoms with Crippen molar-refractivity contribution in [1.82, 2.24) is 10.2 Å². The molecule has 18 heavy (non-hydrogen) atoms. The fourth-order valence-electron chi connectivity index (χ4n) is 1.92. The van der Waals surface area contributed by atoms with E-state index in [0.717, 1.165) is 18.7 Å². The lowest BCUT2D eigenvalue weighted by Crippen LogP contribution is -2.39. The fraction of sp³-hybridized carbons (Fsp3) is 0.417. The lowest BCUT2D eigenvalue weighted by Gasteiger charge is -2.27. The van der Waals surface area contributed by atoms with E-state index < -0.39 is 0 Å². The first-order valence-corrected chi connectivity index (χ1v) is 6.91. The lowest BCUT2D eigenvalue weighted by molar-refractivity contribution is 0.0631. The SMILES string of the molecule is CCNC(=S)N1CCOC1c1c(Cl)cccc1Cl. The van der Waals surface area contributed by atoms with Gasteiger partial charge < -0.3 is 15.0 Å². The van der Waals surface area contributed by atoms with Crippen molar-refractivity contribution in [2.45, 2.75) is 13.2 Å². The minimum atomic E-state index is -0.308. The Labute approximate surface area is 122 Å². The molecule has 0 amide bonds. The molecule has 2 rings (SSSR count). The molecule has 0 radical (unpaired) electrons. The molecule has 0 spiro atoms. The number of hydrogen-bond acceptors (Lipinski definition) is 2. The van der Waals surface area contributed by atoms with Crippen LogP contribution in [-0.4, -0.2) is 29.7 Å². The number of thiocarbonyl (C=S) groups is 1. The van der Waals surface area contributed by atoms with Crippen molar-refractivity contribution in [2.24, 2.45) is 0 Å². The van der Waals surface area contributed by atoms with E-state index in [1.807, 2.05) is 17.9 Å². The van der Waals surface area contributed by atoms with Gasteiger partial charge in [0.05, 0.1) is 6.61 Å². The molecule has 1 heterocycles. The third-order valence-corrected chi connectivity index (χ3v) is 3.76. The summed E-state index contributed by atoms with van der Waals surface area (Å²) in [5.41, 5.74) is 0.776. The van der Waals surface area contributed by atoms with E-state index in [1.54, 1.807) is 12.1 Å². The Morgan fingerprint density at radius 3 is 2.78 bits per heavy atom.